The smallest absolute Gasteiger partial charge is 0.125 e. The molecule has 27 heavy (non-hydrogen) atoms. The Bertz CT molecular complexity index is 706. The van der Waals surface area contributed by atoms with Crippen molar-refractivity contribution in [2.24, 2.45) is 0 Å². The summed E-state index contributed by atoms with van der Waals surface area (Å²) in [7, 11) is 0. The average molecular weight is 369 g/mol. The largest absolute Gasteiger partial charge is 0.491 e. The molecule has 2 aromatic rings. The van der Waals surface area contributed by atoms with Crippen molar-refractivity contribution in [1.29, 1.82) is 0 Å². The van der Waals surface area contributed by atoms with E-state index in [0.29, 0.717) is 6.61 Å². The zero-order chi connectivity index (χ0) is 19.1. The molecule has 0 aromatic heterocycles. The van der Waals surface area contributed by atoms with Crippen LogP contribution in [0.15, 0.2) is 42.5 Å². The number of nitrogens with one attached hydrogen (secondary N) is 1. The van der Waals surface area contributed by atoms with Gasteiger partial charge in [0.25, 0.3) is 0 Å². The lowest BCUT2D eigenvalue weighted by Crippen LogP contribution is -2.35. The van der Waals surface area contributed by atoms with Crippen LogP contribution in [-0.2, 0) is 17.8 Å². The Morgan fingerprint density at radius 3 is 2.44 bits per heavy atom. The summed E-state index contributed by atoms with van der Waals surface area (Å²) in [4.78, 5) is 2.46. The maximum atomic E-state index is 6.06. The van der Waals surface area contributed by atoms with Gasteiger partial charge in [0.05, 0.1) is 13.2 Å². The highest BCUT2D eigenvalue weighted by molar-refractivity contribution is 5.39. The van der Waals surface area contributed by atoms with Gasteiger partial charge >= 0.3 is 0 Å². The van der Waals surface area contributed by atoms with Crippen LogP contribution in [0.1, 0.15) is 29.2 Å². The Kier molecular flexibility index (Phi) is 7.27. The second-order valence-electron chi connectivity index (χ2n) is 7.52. The maximum Gasteiger partial charge on any atom is 0.125 e. The van der Waals surface area contributed by atoms with E-state index in [4.69, 9.17) is 9.47 Å². The molecule has 1 aliphatic heterocycles. The average Bonchev–Trinajstić information content (AvgIpc) is 2.67. The minimum Gasteiger partial charge on any atom is -0.491 e. The van der Waals surface area contributed by atoms with Gasteiger partial charge in [-0.2, -0.15) is 0 Å². The van der Waals surface area contributed by atoms with Gasteiger partial charge in [0.2, 0.25) is 0 Å². The minimum absolute atomic E-state index is 0.284. The summed E-state index contributed by atoms with van der Waals surface area (Å²) in [6.45, 7) is 12.6. The SMILES string of the molecule is Cc1cccc(C)c1OC[C@@H](C)NCc1cccc(CN2CCOCC2)c1. The highest BCUT2D eigenvalue weighted by atomic mass is 16.5. The van der Waals surface area contributed by atoms with Gasteiger partial charge in [0.1, 0.15) is 12.4 Å². The van der Waals surface area contributed by atoms with Gasteiger partial charge < -0.3 is 14.8 Å². The fourth-order valence-electron chi connectivity index (χ4n) is 3.44. The topological polar surface area (TPSA) is 33.7 Å². The van der Waals surface area contributed by atoms with Crippen LogP contribution in [0, 0.1) is 13.8 Å². The molecule has 0 radical (unpaired) electrons. The van der Waals surface area contributed by atoms with Crippen LogP contribution in [0.2, 0.25) is 0 Å². The molecule has 0 bridgehead atoms. The highest BCUT2D eigenvalue weighted by Crippen LogP contribution is 2.22. The third-order valence-electron chi connectivity index (χ3n) is 5.04. The van der Waals surface area contributed by atoms with Gasteiger partial charge in [-0.15, -0.1) is 0 Å². The van der Waals surface area contributed by atoms with Crippen LogP contribution in [-0.4, -0.2) is 43.9 Å². The van der Waals surface area contributed by atoms with Gasteiger partial charge in [0, 0.05) is 32.2 Å². The quantitative estimate of drug-likeness (QED) is 0.770. The first-order valence-electron chi connectivity index (χ1n) is 9.92. The molecule has 146 valence electrons. The number of hydrogen-bond acceptors (Lipinski definition) is 4. The van der Waals surface area contributed by atoms with E-state index in [0.717, 1.165) is 45.1 Å². The standard InChI is InChI=1S/C23H32N2O2/c1-18-6-4-7-19(2)23(18)27-17-20(3)24-15-21-8-5-9-22(14-21)16-25-10-12-26-13-11-25/h4-9,14,20,24H,10-13,15-17H2,1-3H3/t20-/m1/s1. The third kappa shape index (κ3) is 6.06. The van der Waals surface area contributed by atoms with Gasteiger partial charge in [-0.3, -0.25) is 4.90 Å². The first kappa shape index (κ1) is 19.9. The van der Waals surface area contributed by atoms with Gasteiger partial charge in [-0.1, -0.05) is 42.5 Å². The number of ether oxygens (including phenoxy) is 2. The molecule has 1 saturated heterocycles. The normalized spacial score (nSPS) is 16.3. The number of hydrogen-bond donors (Lipinski definition) is 1. The number of para-hydroxylation sites is 1. The molecule has 3 rings (SSSR count). The number of morpholine rings is 1. The van der Waals surface area contributed by atoms with Crippen molar-refractivity contribution in [2.75, 3.05) is 32.9 Å². The van der Waals surface area contributed by atoms with Crippen molar-refractivity contribution in [1.82, 2.24) is 10.2 Å². The molecule has 1 heterocycles. The lowest BCUT2D eigenvalue weighted by atomic mass is 10.1. The first-order valence-corrected chi connectivity index (χ1v) is 9.92. The summed E-state index contributed by atoms with van der Waals surface area (Å²) in [5.74, 6) is 1.01. The molecule has 1 N–H and O–H groups in total. The summed E-state index contributed by atoms with van der Waals surface area (Å²) < 4.78 is 11.5. The van der Waals surface area contributed by atoms with E-state index in [2.05, 4.69) is 73.5 Å². The van der Waals surface area contributed by atoms with Crippen molar-refractivity contribution in [3.63, 3.8) is 0 Å². The number of benzene rings is 2. The Hall–Kier alpha value is -1.88. The van der Waals surface area contributed by atoms with Gasteiger partial charge in [-0.25, -0.2) is 0 Å². The molecule has 0 aliphatic carbocycles. The van der Waals surface area contributed by atoms with E-state index < -0.39 is 0 Å². The molecular weight excluding hydrogens is 336 g/mol. The second kappa shape index (κ2) is 9.88. The zero-order valence-electron chi connectivity index (χ0n) is 16.8. The predicted molar refractivity (Wildman–Crippen MR) is 110 cm³/mol. The number of nitrogens with zero attached hydrogens (tertiary/aromatic N) is 1. The summed E-state index contributed by atoms with van der Waals surface area (Å²) in [5.41, 5.74) is 5.08. The van der Waals surface area contributed by atoms with E-state index in [9.17, 15) is 0 Å². The zero-order valence-corrected chi connectivity index (χ0v) is 16.8. The van der Waals surface area contributed by atoms with E-state index in [1.165, 1.54) is 22.3 Å². The summed E-state index contributed by atoms with van der Waals surface area (Å²) in [6, 6.07) is 15.4. The van der Waals surface area contributed by atoms with E-state index >= 15 is 0 Å². The lowest BCUT2D eigenvalue weighted by Gasteiger charge is -2.26. The van der Waals surface area contributed by atoms with Crippen LogP contribution < -0.4 is 10.1 Å². The molecule has 0 unspecified atom stereocenters. The minimum atomic E-state index is 0.284. The second-order valence-corrected chi connectivity index (χ2v) is 7.52. The van der Waals surface area contributed by atoms with Crippen molar-refractivity contribution >= 4 is 0 Å². The summed E-state index contributed by atoms with van der Waals surface area (Å²) in [6.07, 6.45) is 0. The van der Waals surface area contributed by atoms with Crippen LogP contribution >= 0.6 is 0 Å². The van der Waals surface area contributed by atoms with Crippen LogP contribution in [0.5, 0.6) is 5.75 Å². The van der Waals surface area contributed by atoms with Crippen molar-refractivity contribution in [2.45, 2.75) is 39.9 Å². The molecular formula is C23H32N2O2. The molecule has 1 atom stereocenters. The molecule has 0 amide bonds. The molecule has 1 aliphatic rings. The van der Waals surface area contributed by atoms with Crippen LogP contribution in [0.3, 0.4) is 0 Å². The Morgan fingerprint density at radius 1 is 1.04 bits per heavy atom. The van der Waals surface area contributed by atoms with Gasteiger partial charge in [0.15, 0.2) is 0 Å². The van der Waals surface area contributed by atoms with Crippen LogP contribution in [0.25, 0.3) is 0 Å². The molecule has 0 saturated carbocycles. The fourth-order valence-corrected chi connectivity index (χ4v) is 3.44. The Balaban J connectivity index is 1.47. The lowest BCUT2D eigenvalue weighted by molar-refractivity contribution is 0.0342. The predicted octanol–water partition coefficient (Wildman–Crippen LogP) is 3.69. The molecule has 4 heteroatoms. The summed E-state index contributed by atoms with van der Waals surface area (Å²) >= 11 is 0. The Morgan fingerprint density at radius 2 is 1.70 bits per heavy atom. The summed E-state index contributed by atoms with van der Waals surface area (Å²) in [5, 5.41) is 3.58. The first-order chi connectivity index (χ1) is 13.1. The molecule has 1 fully saturated rings. The van der Waals surface area contributed by atoms with Crippen LogP contribution in [0.4, 0.5) is 0 Å². The number of rotatable bonds is 8. The van der Waals surface area contributed by atoms with Crippen molar-refractivity contribution < 1.29 is 9.47 Å². The molecule has 4 nitrogen and oxygen atoms in total. The number of aryl methyl sites for hydroxylation is 2. The third-order valence-corrected chi connectivity index (χ3v) is 5.04. The molecule has 2 aromatic carbocycles. The van der Waals surface area contributed by atoms with Crippen molar-refractivity contribution in [3.05, 3.63) is 64.7 Å². The fraction of sp³-hybridized carbons (Fsp3) is 0.478. The van der Waals surface area contributed by atoms with E-state index in [-0.39, 0.29) is 6.04 Å². The van der Waals surface area contributed by atoms with E-state index in [1.54, 1.807) is 0 Å². The van der Waals surface area contributed by atoms with Crippen molar-refractivity contribution in [3.8, 4) is 5.75 Å². The Labute approximate surface area is 163 Å². The maximum absolute atomic E-state index is 6.06. The van der Waals surface area contributed by atoms with E-state index in [1.807, 2.05) is 0 Å². The molecule has 0 spiro atoms. The van der Waals surface area contributed by atoms with Gasteiger partial charge in [-0.05, 0) is 43.0 Å². The monoisotopic (exact) mass is 368 g/mol. The highest BCUT2D eigenvalue weighted by Gasteiger charge is 2.11.